The molecule has 1 aliphatic rings. The summed E-state index contributed by atoms with van der Waals surface area (Å²) in [5.74, 6) is 0.786. The highest BCUT2D eigenvalue weighted by molar-refractivity contribution is 6.35. The van der Waals surface area contributed by atoms with Gasteiger partial charge in [-0.1, -0.05) is 71.7 Å². The number of anilines is 1. The Labute approximate surface area is 218 Å². The van der Waals surface area contributed by atoms with Crippen molar-refractivity contribution >= 4 is 35.1 Å². The number of carbonyl (C=O) groups is 1. The molecule has 182 valence electrons. The fourth-order valence-corrected chi connectivity index (χ4v) is 4.47. The lowest BCUT2D eigenvalue weighted by Gasteiger charge is -2.28. The number of aromatic nitrogens is 3. The Kier molecular flexibility index (Phi) is 6.93. The summed E-state index contributed by atoms with van der Waals surface area (Å²) in [6.45, 7) is 2.30. The largest absolute Gasteiger partial charge is 0.489 e. The van der Waals surface area contributed by atoms with Crippen molar-refractivity contribution < 1.29 is 14.3 Å². The summed E-state index contributed by atoms with van der Waals surface area (Å²) in [5.41, 5.74) is 3.71. The monoisotopic (exact) mass is 520 g/mol. The molecule has 4 aromatic rings. The minimum absolute atomic E-state index is 0.174. The Morgan fingerprint density at radius 3 is 2.56 bits per heavy atom. The molecule has 0 saturated heterocycles. The second kappa shape index (κ2) is 10.4. The molecule has 1 atom stereocenters. The predicted molar refractivity (Wildman–Crippen MR) is 138 cm³/mol. The van der Waals surface area contributed by atoms with Crippen LogP contribution in [0.3, 0.4) is 0 Å². The van der Waals surface area contributed by atoms with E-state index in [1.165, 1.54) is 6.33 Å². The zero-order valence-corrected chi connectivity index (χ0v) is 20.8. The van der Waals surface area contributed by atoms with Gasteiger partial charge in [0.25, 0.3) is 0 Å². The number of hydrogen-bond acceptors (Lipinski definition) is 6. The molecule has 9 heteroatoms. The zero-order valence-electron chi connectivity index (χ0n) is 19.3. The fraction of sp³-hybridized carbons (Fsp3) is 0.148. The Hall–Kier alpha value is -3.81. The molecule has 0 saturated carbocycles. The van der Waals surface area contributed by atoms with E-state index < -0.39 is 12.0 Å². The van der Waals surface area contributed by atoms with Crippen LogP contribution in [0.15, 0.2) is 90.4 Å². The van der Waals surface area contributed by atoms with Gasteiger partial charge in [-0.15, -0.1) is 0 Å². The highest BCUT2D eigenvalue weighted by atomic mass is 35.5. The van der Waals surface area contributed by atoms with Crippen LogP contribution in [0.5, 0.6) is 5.75 Å². The van der Waals surface area contributed by atoms with E-state index in [1.807, 2.05) is 67.6 Å². The SMILES string of the molecule is CC1=C(C(=O)OCc2ccccc2)C(c2ccc(OCc3ccc(Cl)cc3Cl)cc2)n2ncnc2N1. The number of fused-ring (bicyclic) bond motifs is 1. The number of ether oxygens (including phenoxy) is 2. The van der Waals surface area contributed by atoms with Crippen LogP contribution in [0.2, 0.25) is 10.0 Å². The second-order valence-corrected chi connectivity index (χ2v) is 9.09. The van der Waals surface area contributed by atoms with Crippen LogP contribution in [-0.4, -0.2) is 20.7 Å². The Balaban J connectivity index is 1.37. The summed E-state index contributed by atoms with van der Waals surface area (Å²) in [6.07, 6.45) is 1.45. The molecule has 1 unspecified atom stereocenters. The molecule has 5 rings (SSSR count). The minimum atomic E-state index is -0.508. The van der Waals surface area contributed by atoms with Gasteiger partial charge in [0.05, 0.1) is 5.57 Å². The first kappa shape index (κ1) is 23.9. The molecule has 0 bridgehead atoms. The number of nitrogens with one attached hydrogen (secondary N) is 1. The Bertz CT molecular complexity index is 1420. The lowest BCUT2D eigenvalue weighted by molar-refractivity contribution is -0.140. The third-order valence-electron chi connectivity index (χ3n) is 5.83. The van der Waals surface area contributed by atoms with Gasteiger partial charge in [-0.3, -0.25) is 0 Å². The van der Waals surface area contributed by atoms with E-state index in [-0.39, 0.29) is 6.61 Å². The van der Waals surface area contributed by atoms with Crippen LogP contribution < -0.4 is 10.1 Å². The number of benzene rings is 3. The predicted octanol–water partition coefficient (Wildman–Crippen LogP) is 6.20. The normalized spacial score (nSPS) is 14.7. The minimum Gasteiger partial charge on any atom is -0.489 e. The lowest BCUT2D eigenvalue weighted by Crippen LogP contribution is -2.29. The van der Waals surface area contributed by atoms with Crippen LogP contribution in [-0.2, 0) is 22.7 Å². The van der Waals surface area contributed by atoms with Crippen molar-refractivity contribution in [2.24, 2.45) is 0 Å². The van der Waals surface area contributed by atoms with Gasteiger partial charge in [0.1, 0.15) is 31.3 Å². The van der Waals surface area contributed by atoms with Gasteiger partial charge in [-0.2, -0.15) is 10.1 Å². The molecule has 1 aliphatic heterocycles. The van der Waals surface area contributed by atoms with Gasteiger partial charge in [0.15, 0.2) is 0 Å². The average molecular weight is 521 g/mol. The van der Waals surface area contributed by atoms with E-state index in [1.54, 1.807) is 16.8 Å². The third kappa shape index (κ3) is 5.08. The quantitative estimate of drug-likeness (QED) is 0.292. The van der Waals surface area contributed by atoms with E-state index in [0.29, 0.717) is 39.6 Å². The third-order valence-corrected chi connectivity index (χ3v) is 6.42. The molecule has 7 nitrogen and oxygen atoms in total. The molecule has 0 radical (unpaired) electrons. The van der Waals surface area contributed by atoms with E-state index in [0.717, 1.165) is 16.7 Å². The van der Waals surface area contributed by atoms with Crippen LogP contribution >= 0.6 is 23.2 Å². The number of nitrogens with zero attached hydrogens (tertiary/aromatic N) is 3. The van der Waals surface area contributed by atoms with E-state index in [9.17, 15) is 4.79 Å². The molecule has 3 aromatic carbocycles. The van der Waals surface area contributed by atoms with E-state index in [2.05, 4.69) is 15.4 Å². The standard InChI is InChI=1S/C27H22Cl2N4O3/c1-17-24(26(34)36-14-18-5-3-2-4-6-18)25(33-27(32-17)30-16-31-33)19-8-11-22(12-9-19)35-15-20-7-10-21(28)13-23(20)29/h2-13,16,25H,14-15H2,1H3,(H,30,31,32). The fourth-order valence-electron chi connectivity index (χ4n) is 4.01. The topological polar surface area (TPSA) is 78.3 Å². The average Bonchev–Trinajstić information content (AvgIpc) is 3.35. The highest BCUT2D eigenvalue weighted by Crippen LogP contribution is 2.36. The smallest absolute Gasteiger partial charge is 0.338 e. The van der Waals surface area contributed by atoms with Crippen LogP contribution in [0.4, 0.5) is 5.95 Å². The van der Waals surface area contributed by atoms with Gasteiger partial charge in [-0.05, 0) is 42.3 Å². The van der Waals surface area contributed by atoms with Crippen molar-refractivity contribution in [3.8, 4) is 5.75 Å². The summed E-state index contributed by atoms with van der Waals surface area (Å²) in [5, 5.41) is 8.63. The molecule has 36 heavy (non-hydrogen) atoms. The maximum atomic E-state index is 13.3. The van der Waals surface area contributed by atoms with Crippen LogP contribution in [0.1, 0.15) is 29.7 Å². The Morgan fingerprint density at radius 1 is 1.03 bits per heavy atom. The van der Waals surface area contributed by atoms with Crippen molar-refractivity contribution in [2.75, 3.05) is 5.32 Å². The van der Waals surface area contributed by atoms with Crippen molar-refractivity contribution in [3.05, 3.63) is 117 Å². The molecular formula is C27H22Cl2N4O3. The van der Waals surface area contributed by atoms with Crippen molar-refractivity contribution in [1.82, 2.24) is 14.8 Å². The van der Waals surface area contributed by atoms with E-state index in [4.69, 9.17) is 32.7 Å². The first-order valence-electron chi connectivity index (χ1n) is 11.2. The second-order valence-electron chi connectivity index (χ2n) is 8.25. The molecule has 0 amide bonds. The molecule has 0 aliphatic carbocycles. The van der Waals surface area contributed by atoms with Gasteiger partial charge >= 0.3 is 5.97 Å². The van der Waals surface area contributed by atoms with Gasteiger partial charge < -0.3 is 14.8 Å². The van der Waals surface area contributed by atoms with E-state index >= 15 is 0 Å². The summed E-state index contributed by atoms with van der Waals surface area (Å²) >= 11 is 12.2. The van der Waals surface area contributed by atoms with Crippen molar-refractivity contribution in [1.29, 1.82) is 0 Å². The number of allylic oxidation sites excluding steroid dienone is 1. The van der Waals surface area contributed by atoms with Gasteiger partial charge in [-0.25, -0.2) is 9.48 Å². The molecule has 1 aromatic heterocycles. The summed E-state index contributed by atoms with van der Waals surface area (Å²) in [7, 11) is 0. The number of hydrogen-bond donors (Lipinski definition) is 1. The van der Waals surface area contributed by atoms with Gasteiger partial charge in [0.2, 0.25) is 5.95 Å². The summed E-state index contributed by atoms with van der Waals surface area (Å²) in [6, 6.07) is 21.8. The maximum Gasteiger partial charge on any atom is 0.338 e. The number of carbonyl (C=O) groups excluding carboxylic acids is 1. The summed E-state index contributed by atoms with van der Waals surface area (Å²) < 4.78 is 13.3. The molecule has 2 heterocycles. The number of halogens is 2. The first-order valence-corrected chi connectivity index (χ1v) is 12.0. The molecular weight excluding hydrogens is 499 g/mol. The van der Waals surface area contributed by atoms with Gasteiger partial charge in [0, 0.05) is 21.3 Å². The molecule has 0 fully saturated rings. The highest BCUT2D eigenvalue weighted by Gasteiger charge is 2.34. The maximum absolute atomic E-state index is 13.3. The Morgan fingerprint density at radius 2 is 1.81 bits per heavy atom. The summed E-state index contributed by atoms with van der Waals surface area (Å²) in [4.78, 5) is 17.5. The van der Waals surface area contributed by atoms with Crippen molar-refractivity contribution in [2.45, 2.75) is 26.2 Å². The number of rotatable bonds is 7. The zero-order chi connectivity index (χ0) is 25.1. The number of esters is 1. The van der Waals surface area contributed by atoms with Crippen molar-refractivity contribution in [3.63, 3.8) is 0 Å². The lowest BCUT2D eigenvalue weighted by atomic mass is 9.95. The van der Waals surface area contributed by atoms with Crippen LogP contribution in [0.25, 0.3) is 0 Å². The molecule has 0 spiro atoms. The van der Waals surface area contributed by atoms with Crippen LogP contribution in [0, 0.1) is 0 Å². The first-order chi connectivity index (χ1) is 17.5. The molecule has 1 N–H and O–H groups in total.